The van der Waals surface area contributed by atoms with Crippen molar-refractivity contribution < 1.29 is 46.4 Å². The molecule has 0 amide bonds. The van der Waals surface area contributed by atoms with Crippen LogP contribution < -0.4 is 0 Å². The van der Waals surface area contributed by atoms with Crippen molar-refractivity contribution in [1.29, 1.82) is 0 Å². The van der Waals surface area contributed by atoms with E-state index in [1.54, 1.807) is 72.8 Å². The molecule has 6 aromatic carbocycles. The van der Waals surface area contributed by atoms with Crippen LogP contribution in [0.3, 0.4) is 0 Å². The van der Waals surface area contributed by atoms with Gasteiger partial charge < -0.3 is 15.0 Å². The summed E-state index contributed by atoms with van der Waals surface area (Å²) in [5.41, 5.74) is 3.75. The van der Waals surface area contributed by atoms with E-state index in [4.69, 9.17) is 0 Å². The van der Waals surface area contributed by atoms with Crippen LogP contribution in [0.5, 0.6) is 0 Å². The monoisotopic (exact) mass is 913 g/mol. The Hall–Kier alpha value is -6.22. The zero-order valence-electron chi connectivity index (χ0n) is 28.3. The molecule has 0 aliphatic carbocycles. The fraction of sp³-hybridized carbons (Fsp3) is 0. The molecule has 0 aliphatic rings. The first-order valence-corrected chi connectivity index (χ1v) is 16.4. The van der Waals surface area contributed by atoms with Crippen molar-refractivity contribution >= 4 is 32.3 Å². The number of fused-ring (bicyclic) bond motifs is 3. The van der Waals surface area contributed by atoms with E-state index in [1.165, 1.54) is 55.0 Å². The molecule has 0 saturated heterocycles. The third kappa shape index (κ3) is 8.62. The third-order valence-corrected chi connectivity index (χ3v) is 8.33. The van der Waals surface area contributed by atoms with Crippen LogP contribution in [0.15, 0.2) is 146 Å². The van der Waals surface area contributed by atoms with E-state index in [0.29, 0.717) is 66.1 Å². The van der Waals surface area contributed by atoms with Crippen molar-refractivity contribution in [3.8, 4) is 33.8 Å². The molecule has 0 aliphatic heterocycles. The Labute approximate surface area is 325 Å². The third-order valence-electron chi connectivity index (χ3n) is 8.33. The Balaban J connectivity index is 0.000000139. The number of nitrogens with zero attached hydrogens (tertiary/aromatic N) is 3. The van der Waals surface area contributed by atoms with E-state index in [9.17, 15) is 26.3 Å². The van der Waals surface area contributed by atoms with Gasteiger partial charge in [0.05, 0.1) is 18.6 Å². The molecule has 0 bridgehead atoms. The summed E-state index contributed by atoms with van der Waals surface area (Å²) in [4.78, 5) is 12.2. The molecule has 55 heavy (non-hydrogen) atoms. The van der Waals surface area contributed by atoms with Crippen molar-refractivity contribution in [2.24, 2.45) is 0 Å². The van der Waals surface area contributed by atoms with Crippen LogP contribution >= 0.6 is 0 Å². The van der Waals surface area contributed by atoms with Crippen molar-refractivity contribution in [1.82, 2.24) is 15.0 Å². The summed E-state index contributed by atoms with van der Waals surface area (Å²) in [7, 11) is 0. The predicted molar refractivity (Wildman–Crippen MR) is 198 cm³/mol. The van der Waals surface area contributed by atoms with Gasteiger partial charge in [0.25, 0.3) is 0 Å². The predicted octanol–water partition coefficient (Wildman–Crippen LogP) is 11.9. The van der Waals surface area contributed by atoms with E-state index < -0.39 is 0 Å². The number of hydrogen-bond donors (Lipinski definition) is 0. The molecule has 270 valence electrons. The summed E-state index contributed by atoms with van der Waals surface area (Å²) in [5.74, 6) is -2.16. The number of aromatic nitrogens is 3. The largest absolute Gasteiger partial charge is 3.00 e. The fourth-order valence-corrected chi connectivity index (χ4v) is 5.78. The molecule has 3 nitrogen and oxygen atoms in total. The Kier molecular flexibility index (Phi) is 12.1. The van der Waals surface area contributed by atoms with Crippen LogP contribution in [0, 0.1) is 53.1 Å². The molecule has 10 heteroatoms. The normalized spacial score (nSPS) is 10.6. The molecule has 0 unspecified atom stereocenters. The van der Waals surface area contributed by atoms with Crippen LogP contribution in [0.2, 0.25) is 0 Å². The molecular weight excluding hydrogens is 889 g/mol. The second-order valence-corrected chi connectivity index (χ2v) is 11.8. The van der Waals surface area contributed by atoms with E-state index in [0.717, 1.165) is 0 Å². The zero-order chi connectivity index (χ0) is 37.6. The van der Waals surface area contributed by atoms with Gasteiger partial charge in [-0.1, -0.05) is 72.8 Å². The Morgan fingerprint density at radius 1 is 0.327 bits per heavy atom. The number of hydrogen-bond acceptors (Lipinski definition) is 3. The average Bonchev–Trinajstić information content (AvgIpc) is 3.21. The van der Waals surface area contributed by atoms with Crippen molar-refractivity contribution in [3.63, 3.8) is 0 Å². The van der Waals surface area contributed by atoms with Crippen LogP contribution in [0.25, 0.3) is 66.1 Å². The molecule has 9 rings (SSSR count). The molecule has 3 aromatic heterocycles. The maximum atomic E-state index is 13.6. The quantitative estimate of drug-likeness (QED) is 0.131. The second-order valence-electron chi connectivity index (χ2n) is 11.8. The fourth-order valence-electron chi connectivity index (χ4n) is 5.78. The first-order valence-electron chi connectivity index (χ1n) is 16.4. The number of pyridine rings is 3. The zero-order valence-corrected chi connectivity index (χ0v) is 30.7. The van der Waals surface area contributed by atoms with Gasteiger partial charge in [-0.3, -0.25) is 13.2 Å². The minimum absolute atomic E-state index is 0. The smallest absolute Gasteiger partial charge is 0.301 e. The number of benzene rings is 6. The molecular formula is C45H24F6IrN3. The van der Waals surface area contributed by atoms with Crippen molar-refractivity contribution in [3.05, 3.63) is 199 Å². The summed E-state index contributed by atoms with van der Waals surface area (Å²) in [5, 5.41) is 3.58. The first-order chi connectivity index (χ1) is 26.3. The summed E-state index contributed by atoms with van der Waals surface area (Å²) in [6.45, 7) is 0. The number of halogens is 6. The SMILES string of the molecule is Fc1c[c-]c(-c2ncc(F)c3ccccc23)cc1.Fc1c[c-]c(-c2ncc(F)c3ccccc23)cc1.Fc1c[c-]c(-c2ncc(F)c3ccccc23)cc1.[Ir+3]. The molecule has 0 atom stereocenters. The molecule has 0 saturated carbocycles. The molecule has 0 spiro atoms. The average molecular weight is 913 g/mol. The second kappa shape index (κ2) is 17.3. The molecule has 0 fully saturated rings. The molecule has 0 N–H and O–H groups in total. The summed E-state index contributed by atoms with van der Waals surface area (Å²) >= 11 is 0. The molecule has 0 radical (unpaired) electrons. The van der Waals surface area contributed by atoms with Gasteiger partial charge in [-0.05, 0) is 33.2 Å². The molecule has 3 heterocycles. The van der Waals surface area contributed by atoms with Gasteiger partial charge in [0.1, 0.15) is 17.5 Å². The summed E-state index contributed by atoms with van der Waals surface area (Å²) in [6, 6.07) is 42.1. The summed E-state index contributed by atoms with van der Waals surface area (Å²) in [6.07, 6.45) is 3.53. The summed E-state index contributed by atoms with van der Waals surface area (Å²) < 4.78 is 79.4. The van der Waals surface area contributed by atoms with Crippen LogP contribution in [-0.4, -0.2) is 15.0 Å². The van der Waals surface area contributed by atoms with E-state index in [-0.39, 0.29) is 55.0 Å². The maximum absolute atomic E-state index is 13.6. The Morgan fingerprint density at radius 2 is 0.582 bits per heavy atom. The van der Waals surface area contributed by atoms with Gasteiger partial charge in [-0.15, -0.1) is 89.5 Å². The van der Waals surface area contributed by atoms with Crippen LogP contribution in [0.1, 0.15) is 0 Å². The van der Waals surface area contributed by atoms with Crippen molar-refractivity contribution in [2.45, 2.75) is 0 Å². The maximum Gasteiger partial charge on any atom is 3.00 e. The Morgan fingerprint density at radius 3 is 0.818 bits per heavy atom. The molecule has 9 aromatic rings. The van der Waals surface area contributed by atoms with Crippen LogP contribution in [-0.2, 0) is 20.1 Å². The first kappa shape index (κ1) is 38.5. The standard InChI is InChI=1S/3C15H8F2N.Ir/c3*16-11-7-5-10(6-8-11)15-13-4-2-1-3-12(13)14(17)9-18-15;/h3*1-5,7-9H;/q3*-1;+3. The topological polar surface area (TPSA) is 38.7 Å². The van der Waals surface area contributed by atoms with E-state index in [1.807, 2.05) is 18.2 Å². The van der Waals surface area contributed by atoms with Crippen molar-refractivity contribution in [2.75, 3.05) is 0 Å². The minimum atomic E-state index is -0.364. The van der Waals surface area contributed by atoms with Gasteiger partial charge in [0.2, 0.25) is 0 Å². The minimum Gasteiger partial charge on any atom is -0.301 e. The van der Waals surface area contributed by atoms with E-state index in [2.05, 4.69) is 33.2 Å². The van der Waals surface area contributed by atoms with Gasteiger partial charge in [-0.25, -0.2) is 13.2 Å². The van der Waals surface area contributed by atoms with Gasteiger partial charge in [0.15, 0.2) is 0 Å². The van der Waals surface area contributed by atoms with E-state index >= 15 is 0 Å². The van der Waals surface area contributed by atoms with Gasteiger partial charge in [-0.2, -0.15) is 0 Å². The Bertz CT molecular complexity index is 2420. The van der Waals surface area contributed by atoms with Gasteiger partial charge >= 0.3 is 20.1 Å². The van der Waals surface area contributed by atoms with Crippen LogP contribution in [0.4, 0.5) is 26.3 Å². The van der Waals surface area contributed by atoms with Gasteiger partial charge in [0, 0.05) is 33.6 Å². The number of rotatable bonds is 3.